The van der Waals surface area contributed by atoms with E-state index in [-0.39, 0.29) is 24.1 Å². The van der Waals surface area contributed by atoms with Crippen molar-refractivity contribution in [1.29, 1.82) is 0 Å². The van der Waals surface area contributed by atoms with Crippen molar-refractivity contribution in [3.63, 3.8) is 0 Å². The van der Waals surface area contributed by atoms with Gasteiger partial charge >= 0.3 is 18.1 Å². The van der Waals surface area contributed by atoms with Crippen molar-refractivity contribution in [2.45, 2.75) is 45.4 Å². The van der Waals surface area contributed by atoms with E-state index in [4.69, 9.17) is 26.2 Å². The molecule has 0 bridgehead atoms. The molecule has 0 aliphatic carbocycles. The number of tetrazole rings is 1. The third kappa shape index (κ3) is 7.33. The van der Waals surface area contributed by atoms with Crippen LogP contribution in [0.3, 0.4) is 0 Å². The number of aromatic nitrogens is 6. The van der Waals surface area contributed by atoms with Crippen LogP contribution in [0.5, 0.6) is 11.8 Å². The van der Waals surface area contributed by atoms with Gasteiger partial charge in [0, 0.05) is 5.56 Å². The number of carboxylic acids is 1. The minimum absolute atomic E-state index is 0.0814. The third-order valence-corrected chi connectivity index (χ3v) is 4.16. The molecule has 1 amide bonds. The zero-order valence-electron chi connectivity index (χ0n) is 18.4. The molecule has 1 aromatic carbocycles. The first-order valence-electron chi connectivity index (χ1n) is 9.93. The molecule has 0 spiro atoms. The van der Waals surface area contributed by atoms with Gasteiger partial charge in [-0.25, -0.2) is 19.2 Å². The standard InChI is InChI=1S/C20H21ClFN7O5/c1-20(2,3)34-19(32)25-13(7-16(30)31)10-29-27-17(26-28-29)11-4-5-15(14(22)6-11)33-18-23-8-12(21)9-24-18/h4-6,8-9,13H,7,10H2,1-3H3,(H,25,32)(H,30,31). The molecule has 2 N–H and O–H groups in total. The molecular weight excluding hydrogens is 473 g/mol. The first kappa shape index (κ1) is 24.8. The summed E-state index contributed by atoms with van der Waals surface area (Å²) in [5, 5.41) is 23.8. The molecule has 0 aliphatic rings. The van der Waals surface area contributed by atoms with Crippen LogP contribution in [-0.2, 0) is 16.1 Å². The molecule has 180 valence electrons. The second-order valence-electron chi connectivity index (χ2n) is 8.04. The fourth-order valence-corrected chi connectivity index (χ4v) is 2.75. The molecule has 1 unspecified atom stereocenters. The number of aliphatic carboxylic acids is 1. The van der Waals surface area contributed by atoms with Gasteiger partial charge in [-0.1, -0.05) is 11.6 Å². The molecule has 12 nitrogen and oxygen atoms in total. The summed E-state index contributed by atoms with van der Waals surface area (Å²) in [5.41, 5.74) is -0.459. The largest absolute Gasteiger partial charge is 0.481 e. The Morgan fingerprint density at radius 3 is 2.59 bits per heavy atom. The summed E-state index contributed by atoms with van der Waals surface area (Å²) in [7, 11) is 0. The number of rotatable bonds is 8. The summed E-state index contributed by atoms with van der Waals surface area (Å²) >= 11 is 5.71. The highest BCUT2D eigenvalue weighted by atomic mass is 35.5. The van der Waals surface area contributed by atoms with Crippen molar-refractivity contribution in [1.82, 2.24) is 35.5 Å². The lowest BCUT2D eigenvalue weighted by molar-refractivity contribution is -0.137. The number of benzene rings is 1. The van der Waals surface area contributed by atoms with Crippen LogP contribution in [0.1, 0.15) is 27.2 Å². The minimum Gasteiger partial charge on any atom is -0.481 e. The zero-order chi connectivity index (χ0) is 24.9. The van der Waals surface area contributed by atoms with E-state index < -0.39 is 35.9 Å². The predicted molar refractivity (Wildman–Crippen MR) is 116 cm³/mol. The summed E-state index contributed by atoms with van der Waals surface area (Å²) < 4.78 is 25.0. The average Bonchev–Trinajstić information content (AvgIpc) is 3.17. The normalized spacial score (nSPS) is 12.1. The molecule has 2 aromatic heterocycles. The van der Waals surface area contributed by atoms with Crippen LogP contribution in [0.25, 0.3) is 11.4 Å². The molecule has 34 heavy (non-hydrogen) atoms. The number of nitrogens with zero attached hydrogens (tertiary/aromatic N) is 6. The smallest absolute Gasteiger partial charge is 0.407 e. The highest BCUT2D eigenvalue weighted by Gasteiger charge is 2.23. The van der Waals surface area contributed by atoms with E-state index in [0.29, 0.717) is 10.6 Å². The van der Waals surface area contributed by atoms with E-state index in [2.05, 4.69) is 30.7 Å². The van der Waals surface area contributed by atoms with E-state index in [9.17, 15) is 14.0 Å². The summed E-state index contributed by atoms with van der Waals surface area (Å²) in [6, 6.07) is 3.04. The van der Waals surface area contributed by atoms with Crippen molar-refractivity contribution >= 4 is 23.7 Å². The Hall–Kier alpha value is -3.87. The van der Waals surface area contributed by atoms with Gasteiger partial charge in [0.05, 0.1) is 36.4 Å². The number of nitrogens with one attached hydrogen (secondary N) is 1. The molecule has 3 aromatic rings. The second-order valence-corrected chi connectivity index (χ2v) is 8.48. The number of carboxylic acid groups (broad SMARTS) is 1. The van der Waals surface area contributed by atoms with Gasteiger partial charge in [0.15, 0.2) is 11.6 Å². The molecule has 0 aliphatic heterocycles. The summed E-state index contributed by atoms with van der Waals surface area (Å²) in [4.78, 5) is 32.0. The monoisotopic (exact) mass is 493 g/mol. The first-order valence-corrected chi connectivity index (χ1v) is 10.3. The molecule has 1 atom stereocenters. The molecule has 0 saturated carbocycles. The van der Waals surface area contributed by atoms with Crippen LogP contribution in [-0.4, -0.2) is 59.0 Å². The van der Waals surface area contributed by atoms with Crippen molar-refractivity contribution in [3.8, 4) is 23.1 Å². The first-order chi connectivity index (χ1) is 16.0. The number of hydrogen-bond acceptors (Lipinski definition) is 9. The maximum atomic E-state index is 14.5. The van der Waals surface area contributed by atoms with Gasteiger partial charge in [0.2, 0.25) is 5.82 Å². The molecule has 0 saturated heterocycles. The lowest BCUT2D eigenvalue weighted by Crippen LogP contribution is -2.42. The topological polar surface area (TPSA) is 154 Å². The van der Waals surface area contributed by atoms with Crippen LogP contribution >= 0.6 is 11.6 Å². The quantitative estimate of drug-likeness (QED) is 0.478. The lowest BCUT2D eigenvalue weighted by atomic mass is 10.2. The second kappa shape index (κ2) is 10.4. The molecule has 0 radical (unpaired) electrons. The fraction of sp³-hybridized carbons (Fsp3) is 0.350. The average molecular weight is 494 g/mol. The SMILES string of the molecule is CC(C)(C)OC(=O)NC(CC(=O)O)Cn1nnc(-c2ccc(Oc3ncc(Cl)cn3)c(F)c2)n1. The summed E-state index contributed by atoms with van der Waals surface area (Å²) in [5.74, 6) is -1.90. The number of carbonyl (C=O) groups excluding carboxylic acids is 1. The molecule has 0 fully saturated rings. The minimum atomic E-state index is -1.14. The Bertz CT molecular complexity index is 1170. The van der Waals surface area contributed by atoms with Crippen molar-refractivity contribution < 1.29 is 28.6 Å². The Morgan fingerprint density at radius 1 is 1.26 bits per heavy atom. The van der Waals surface area contributed by atoms with Crippen molar-refractivity contribution in [2.75, 3.05) is 0 Å². The fourth-order valence-electron chi connectivity index (χ4n) is 2.65. The van der Waals surface area contributed by atoms with E-state index in [1.807, 2.05) is 0 Å². The van der Waals surface area contributed by atoms with Gasteiger partial charge in [-0.15, -0.1) is 10.2 Å². The third-order valence-electron chi connectivity index (χ3n) is 3.97. The van der Waals surface area contributed by atoms with Gasteiger partial charge in [0.1, 0.15) is 5.60 Å². The van der Waals surface area contributed by atoms with Gasteiger partial charge in [-0.3, -0.25) is 4.79 Å². The maximum Gasteiger partial charge on any atom is 0.407 e. The Morgan fingerprint density at radius 2 is 1.97 bits per heavy atom. The number of carbonyl (C=O) groups is 2. The molecule has 2 heterocycles. The zero-order valence-corrected chi connectivity index (χ0v) is 19.2. The van der Waals surface area contributed by atoms with Gasteiger partial charge in [0.25, 0.3) is 0 Å². The highest BCUT2D eigenvalue weighted by molar-refractivity contribution is 6.30. The van der Waals surface area contributed by atoms with E-state index in [0.717, 1.165) is 10.9 Å². The van der Waals surface area contributed by atoms with Crippen LogP contribution in [0.4, 0.5) is 9.18 Å². The van der Waals surface area contributed by atoms with Gasteiger partial charge in [-0.2, -0.15) is 4.80 Å². The lowest BCUT2D eigenvalue weighted by Gasteiger charge is -2.22. The Kier molecular flexibility index (Phi) is 7.56. The number of ether oxygens (including phenoxy) is 2. The summed E-state index contributed by atoms with van der Waals surface area (Å²) in [6.07, 6.45) is 1.45. The molecule has 3 rings (SSSR count). The maximum absolute atomic E-state index is 14.5. The van der Waals surface area contributed by atoms with Crippen LogP contribution in [0.15, 0.2) is 30.6 Å². The highest BCUT2D eigenvalue weighted by Crippen LogP contribution is 2.26. The molecule has 14 heteroatoms. The van der Waals surface area contributed by atoms with Crippen molar-refractivity contribution in [3.05, 3.63) is 41.4 Å². The van der Waals surface area contributed by atoms with Crippen molar-refractivity contribution in [2.24, 2.45) is 0 Å². The van der Waals surface area contributed by atoms with Crippen LogP contribution < -0.4 is 10.1 Å². The van der Waals surface area contributed by atoms with Crippen LogP contribution in [0, 0.1) is 5.82 Å². The summed E-state index contributed by atoms with van der Waals surface area (Å²) in [6.45, 7) is 4.95. The van der Waals surface area contributed by atoms with E-state index in [1.54, 1.807) is 20.8 Å². The number of halogens is 2. The molecular formula is C20H21ClFN7O5. The predicted octanol–water partition coefficient (Wildman–Crippen LogP) is 3.08. The number of amides is 1. The number of hydrogen-bond donors (Lipinski definition) is 2. The van der Waals surface area contributed by atoms with Crippen LogP contribution in [0.2, 0.25) is 5.02 Å². The Balaban J connectivity index is 1.70. The Labute approximate surface area is 198 Å². The van der Waals surface area contributed by atoms with Gasteiger partial charge in [-0.05, 0) is 44.2 Å². The van der Waals surface area contributed by atoms with E-state index >= 15 is 0 Å². The number of alkyl carbamates (subject to hydrolysis) is 1. The van der Waals surface area contributed by atoms with Gasteiger partial charge < -0.3 is 19.9 Å². The van der Waals surface area contributed by atoms with E-state index in [1.165, 1.54) is 24.5 Å².